The molecule has 0 saturated heterocycles. The van der Waals surface area contributed by atoms with Crippen LogP contribution in [0.5, 0.6) is 0 Å². The Morgan fingerprint density at radius 3 is 2.41 bits per heavy atom. The van der Waals surface area contributed by atoms with Gasteiger partial charge in [-0.05, 0) is 18.4 Å². The zero-order valence-electron chi connectivity index (χ0n) is 9.99. The summed E-state index contributed by atoms with van der Waals surface area (Å²) in [5.74, 6) is 1.39. The van der Waals surface area contributed by atoms with E-state index in [1.165, 1.54) is 6.92 Å². The van der Waals surface area contributed by atoms with Gasteiger partial charge in [0.05, 0.1) is 0 Å². The Kier molecular flexibility index (Phi) is 4.47. The van der Waals surface area contributed by atoms with Gasteiger partial charge in [-0.1, -0.05) is 29.8 Å². The third kappa shape index (κ3) is 4.12. The maximum absolute atomic E-state index is 11.5. The summed E-state index contributed by atoms with van der Waals surface area (Å²) in [4.78, 5) is 22.5. The first-order chi connectivity index (χ1) is 8.02. The van der Waals surface area contributed by atoms with E-state index in [0.717, 1.165) is 11.1 Å². The molecule has 17 heavy (non-hydrogen) atoms. The fourth-order valence-corrected chi connectivity index (χ4v) is 1.52. The fourth-order valence-electron chi connectivity index (χ4n) is 1.52. The summed E-state index contributed by atoms with van der Waals surface area (Å²) in [6, 6.07) is 7.13. The van der Waals surface area contributed by atoms with Crippen molar-refractivity contribution in [3.63, 3.8) is 0 Å². The first-order valence-corrected chi connectivity index (χ1v) is 5.36. The Morgan fingerprint density at radius 2 is 1.94 bits per heavy atom. The van der Waals surface area contributed by atoms with Crippen LogP contribution in [0.4, 0.5) is 0 Å². The second-order valence-corrected chi connectivity index (χ2v) is 3.95. The number of aryl methyl sites for hydroxylation is 1. The van der Waals surface area contributed by atoms with Gasteiger partial charge in [-0.25, -0.2) is 0 Å². The zero-order chi connectivity index (χ0) is 12.8. The highest BCUT2D eigenvalue weighted by atomic mass is 16.2. The van der Waals surface area contributed by atoms with Crippen LogP contribution in [0.25, 0.3) is 0 Å². The van der Waals surface area contributed by atoms with E-state index in [0.29, 0.717) is 6.42 Å². The molecule has 0 saturated carbocycles. The molecular weight excluding hydrogens is 214 g/mol. The highest BCUT2D eigenvalue weighted by molar-refractivity contribution is 6.01. The number of terminal acetylenes is 1. The van der Waals surface area contributed by atoms with Gasteiger partial charge in [-0.3, -0.25) is 9.59 Å². The molecule has 3 heteroatoms. The number of hydrogen-bond donors (Lipinski definition) is 1. The van der Waals surface area contributed by atoms with Crippen LogP contribution in [0.3, 0.4) is 0 Å². The second kappa shape index (κ2) is 5.86. The van der Waals surface area contributed by atoms with Gasteiger partial charge < -0.3 is 5.32 Å². The van der Waals surface area contributed by atoms with Gasteiger partial charge in [0.15, 0.2) is 0 Å². The predicted molar refractivity (Wildman–Crippen MR) is 66.3 cm³/mol. The van der Waals surface area contributed by atoms with E-state index in [2.05, 4.69) is 5.32 Å². The first-order valence-electron chi connectivity index (χ1n) is 5.36. The molecule has 0 spiro atoms. The van der Waals surface area contributed by atoms with Gasteiger partial charge in [0.25, 0.3) is 0 Å². The molecule has 0 heterocycles. The van der Waals surface area contributed by atoms with E-state index >= 15 is 0 Å². The number of hydrogen-bond acceptors (Lipinski definition) is 2. The van der Waals surface area contributed by atoms with Crippen molar-refractivity contribution in [3.8, 4) is 12.3 Å². The van der Waals surface area contributed by atoms with Gasteiger partial charge in [0, 0.05) is 13.3 Å². The van der Waals surface area contributed by atoms with Crippen molar-refractivity contribution in [1.29, 1.82) is 0 Å². The lowest BCUT2D eigenvalue weighted by molar-refractivity contribution is -0.124. The van der Waals surface area contributed by atoms with Crippen molar-refractivity contribution >= 4 is 11.7 Å². The molecule has 0 radical (unpaired) electrons. The monoisotopic (exact) mass is 229 g/mol. The zero-order valence-corrected chi connectivity index (χ0v) is 9.99. The highest BCUT2D eigenvalue weighted by Gasteiger charge is 2.17. The molecule has 1 N–H and O–H groups in total. The smallest absolute Gasteiger partial charge is 0.227 e. The van der Waals surface area contributed by atoms with Crippen LogP contribution >= 0.6 is 0 Å². The van der Waals surface area contributed by atoms with Crippen molar-refractivity contribution in [3.05, 3.63) is 35.4 Å². The standard InChI is InChI=1S/C14H15NO2/c1-4-14(17)13(15-11(3)16)9-12-7-5-10(2)6-8-12/h1,5-8,13H,9H2,2-3H3,(H,15,16). The van der Waals surface area contributed by atoms with Crippen LogP contribution in [0.1, 0.15) is 18.1 Å². The van der Waals surface area contributed by atoms with E-state index in [1.54, 1.807) is 0 Å². The number of benzene rings is 1. The van der Waals surface area contributed by atoms with Crippen molar-refractivity contribution in [2.75, 3.05) is 0 Å². The SMILES string of the molecule is C#CC(=O)C(Cc1ccc(C)cc1)NC(C)=O. The van der Waals surface area contributed by atoms with Crippen LogP contribution in [-0.4, -0.2) is 17.7 Å². The van der Waals surface area contributed by atoms with Crippen LogP contribution < -0.4 is 5.32 Å². The molecule has 88 valence electrons. The van der Waals surface area contributed by atoms with E-state index < -0.39 is 11.8 Å². The van der Waals surface area contributed by atoms with Crippen LogP contribution in [0.2, 0.25) is 0 Å². The summed E-state index contributed by atoms with van der Waals surface area (Å²) in [5, 5.41) is 2.56. The number of carbonyl (C=O) groups is 2. The summed E-state index contributed by atoms with van der Waals surface area (Å²) in [5.41, 5.74) is 2.12. The van der Waals surface area contributed by atoms with Gasteiger partial charge >= 0.3 is 0 Å². The fraction of sp³-hybridized carbons (Fsp3) is 0.286. The lowest BCUT2D eigenvalue weighted by atomic mass is 10.0. The lowest BCUT2D eigenvalue weighted by Gasteiger charge is -2.14. The molecule has 1 aromatic carbocycles. The summed E-state index contributed by atoms with van der Waals surface area (Å²) >= 11 is 0. The number of ketones is 1. The third-order valence-electron chi connectivity index (χ3n) is 2.40. The van der Waals surface area contributed by atoms with E-state index in [-0.39, 0.29) is 5.91 Å². The first kappa shape index (κ1) is 13.0. The average molecular weight is 229 g/mol. The number of amides is 1. The van der Waals surface area contributed by atoms with E-state index in [4.69, 9.17) is 6.42 Å². The summed E-state index contributed by atoms with van der Waals surface area (Å²) in [7, 11) is 0. The Hall–Kier alpha value is -2.08. The van der Waals surface area contributed by atoms with Crippen LogP contribution in [0, 0.1) is 19.3 Å². The van der Waals surface area contributed by atoms with Gasteiger partial charge in [-0.2, -0.15) is 0 Å². The molecular formula is C14H15NO2. The average Bonchev–Trinajstić information content (AvgIpc) is 2.29. The largest absolute Gasteiger partial charge is 0.345 e. The quantitative estimate of drug-likeness (QED) is 0.624. The summed E-state index contributed by atoms with van der Waals surface area (Å²) in [6.45, 7) is 3.35. The highest BCUT2D eigenvalue weighted by Crippen LogP contribution is 2.06. The minimum atomic E-state index is -0.639. The Labute approximate surface area is 101 Å². The van der Waals surface area contributed by atoms with Crippen molar-refractivity contribution in [2.24, 2.45) is 0 Å². The van der Waals surface area contributed by atoms with E-state index in [9.17, 15) is 9.59 Å². The molecule has 0 aliphatic carbocycles. The maximum atomic E-state index is 11.5. The molecule has 1 rings (SSSR count). The molecule has 0 aromatic heterocycles. The summed E-state index contributed by atoms with van der Waals surface area (Å²) < 4.78 is 0. The molecule has 0 bridgehead atoms. The van der Waals surface area contributed by atoms with Gasteiger partial charge in [0.1, 0.15) is 6.04 Å². The second-order valence-electron chi connectivity index (χ2n) is 3.95. The third-order valence-corrected chi connectivity index (χ3v) is 2.40. The Bertz CT molecular complexity index is 454. The molecule has 1 aromatic rings. The van der Waals surface area contributed by atoms with Gasteiger partial charge in [0.2, 0.25) is 11.7 Å². The molecule has 0 aliphatic heterocycles. The van der Waals surface area contributed by atoms with Crippen molar-refractivity contribution < 1.29 is 9.59 Å². The normalized spacial score (nSPS) is 11.4. The molecule has 1 unspecified atom stereocenters. The number of carbonyl (C=O) groups excluding carboxylic acids is 2. The number of nitrogens with one attached hydrogen (secondary N) is 1. The topological polar surface area (TPSA) is 46.2 Å². The predicted octanol–water partition coefficient (Wildman–Crippen LogP) is 1.24. The van der Waals surface area contributed by atoms with Crippen molar-refractivity contribution in [1.82, 2.24) is 5.32 Å². The summed E-state index contributed by atoms with van der Waals surface area (Å²) in [6.07, 6.45) is 5.50. The van der Waals surface area contributed by atoms with Crippen LogP contribution in [-0.2, 0) is 16.0 Å². The molecule has 0 aliphatic rings. The molecule has 1 amide bonds. The number of Topliss-reactive ketones (excluding diaryl/α,β-unsaturated/α-hetero) is 1. The Morgan fingerprint density at radius 1 is 1.35 bits per heavy atom. The molecule has 3 nitrogen and oxygen atoms in total. The maximum Gasteiger partial charge on any atom is 0.227 e. The Balaban J connectivity index is 2.79. The minimum absolute atomic E-state index is 0.259. The molecule has 1 atom stereocenters. The minimum Gasteiger partial charge on any atom is -0.345 e. The molecule has 0 fully saturated rings. The van der Waals surface area contributed by atoms with Gasteiger partial charge in [-0.15, -0.1) is 6.42 Å². The number of rotatable bonds is 4. The lowest BCUT2D eigenvalue weighted by Crippen LogP contribution is -2.40. The van der Waals surface area contributed by atoms with E-state index in [1.807, 2.05) is 37.1 Å². The van der Waals surface area contributed by atoms with Crippen molar-refractivity contribution in [2.45, 2.75) is 26.3 Å². The van der Waals surface area contributed by atoms with Crippen LogP contribution in [0.15, 0.2) is 24.3 Å².